The SMILES string of the molecule is COc1cccc(F)c1-c1nc2c(cc1C1CC1)c(Cl)c([N+](=O)[O-])c(=O)n2-c1c(C)ccnc1C(C)C. The smallest absolute Gasteiger partial charge is 0.353 e. The van der Waals surface area contributed by atoms with E-state index in [9.17, 15) is 14.9 Å². The zero-order valence-corrected chi connectivity index (χ0v) is 21.5. The van der Waals surface area contributed by atoms with E-state index in [0.717, 1.165) is 12.8 Å². The van der Waals surface area contributed by atoms with Crippen molar-refractivity contribution in [2.45, 2.75) is 45.4 Å². The Morgan fingerprint density at radius 1 is 1.27 bits per heavy atom. The van der Waals surface area contributed by atoms with Gasteiger partial charge in [0, 0.05) is 11.6 Å². The number of nitro groups is 1. The Labute approximate surface area is 216 Å². The summed E-state index contributed by atoms with van der Waals surface area (Å²) in [5.74, 6) is -0.270. The number of nitrogens with zero attached hydrogens (tertiary/aromatic N) is 4. The molecule has 0 atom stereocenters. The molecule has 37 heavy (non-hydrogen) atoms. The highest BCUT2D eigenvalue weighted by Crippen LogP contribution is 2.48. The number of hydrogen-bond acceptors (Lipinski definition) is 6. The summed E-state index contributed by atoms with van der Waals surface area (Å²) < 4.78 is 21.9. The minimum Gasteiger partial charge on any atom is -0.496 e. The molecule has 5 rings (SSSR count). The van der Waals surface area contributed by atoms with E-state index in [2.05, 4.69) is 4.98 Å². The van der Waals surface area contributed by atoms with Crippen LogP contribution >= 0.6 is 11.6 Å². The highest BCUT2D eigenvalue weighted by molar-refractivity contribution is 6.37. The van der Waals surface area contributed by atoms with Gasteiger partial charge in [0.25, 0.3) is 0 Å². The lowest BCUT2D eigenvalue weighted by atomic mass is 9.99. The predicted octanol–water partition coefficient (Wildman–Crippen LogP) is 6.47. The van der Waals surface area contributed by atoms with Gasteiger partial charge in [-0.1, -0.05) is 31.5 Å². The Kier molecular flexibility index (Phi) is 6.19. The number of methoxy groups -OCH3 is 1. The Morgan fingerprint density at radius 2 is 2.00 bits per heavy atom. The number of aryl methyl sites for hydroxylation is 1. The minimum absolute atomic E-state index is 0.0815. The van der Waals surface area contributed by atoms with Crippen LogP contribution in [0.3, 0.4) is 0 Å². The van der Waals surface area contributed by atoms with Crippen molar-refractivity contribution >= 4 is 28.3 Å². The molecule has 3 heterocycles. The third-order valence-electron chi connectivity index (χ3n) is 6.65. The molecule has 0 spiro atoms. The number of benzene rings is 1. The summed E-state index contributed by atoms with van der Waals surface area (Å²) >= 11 is 6.52. The molecule has 190 valence electrons. The van der Waals surface area contributed by atoms with Crippen molar-refractivity contribution in [3.8, 4) is 22.7 Å². The molecule has 0 aliphatic heterocycles. The van der Waals surface area contributed by atoms with Crippen molar-refractivity contribution in [2.24, 2.45) is 0 Å². The van der Waals surface area contributed by atoms with Gasteiger partial charge in [0.2, 0.25) is 0 Å². The first kappa shape index (κ1) is 24.8. The second kappa shape index (κ2) is 9.23. The first-order valence-corrected chi connectivity index (χ1v) is 12.3. The molecule has 0 bridgehead atoms. The van der Waals surface area contributed by atoms with Crippen molar-refractivity contribution in [2.75, 3.05) is 7.11 Å². The van der Waals surface area contributed by atoms with Crippen molar-refractivity contribution in [3.63, 3.8) is 0 Å². The number of halogens is 2. The second-order valence-electron chi connectivity index (χ2n) is 9.47. The van der Waals surface area contributed by atoms with Gasteiger partial charge in [-0.2, -0.15) is 0 Å². The molecular formula is C27H24ClFN4O4. The maximum atomic E-state index is 15.3. The van der Waals surface area contributed by atoms with Gasteiger partial charge in [-0.15, -0.1) is 0 Å². The van der Waals surface area contributed by atoms with Crippen LogP contribution in [0.5, 0.6) is 5.75 Å². The highest BCUT2D eigenvalue weighted by Gasteiger charge is 2.34. The Bertz CT molecular complexity index is 1650. The fourth-order valence-corrected chi connectivity index (χ4v) is 5.02. The molecule has 1 aromatic carbocycles. The van der Waals surface area contributed by atoms with Crippen molar-refractivity contribution < 1.29 is 14.1 Å². The molecule has 0 amide bonds. The van der Waals surface area contributed by atoms with E-state index in [0.29, 0.717) is 28.2 Å². The summed E-state index contributed by atoms with van der Waals surface area (Å²) in [5, 5.41) is 12.0. The van der Waals surface area contributed by atoms with Gasteiger partial charge in [0.15, 0.2) is 0 Å². The van der Waals surface area contributed by atoms with Crippen LogP contribution in [0.2, 0.25) is 5.02 Å². The molecule has 0 radical (unpaired) electrons. The maximum Gasteiger partial charge on any atom is 0.353 e. The summed E-state index contributed by atoms with van der Waals surface area (Å²) in [6, 6.07) is 7.92. The number of pyridine rings is 3. The maximum absolute atomic E-state index is 15.3. The van der Waals surface area contributed by atoms with E-state index in [1.807, 2.05) is 13.8 Å². The summed E-state index contributed by atoms with van der Waals surface area (Å²) in [4.78, 5) is 34.3. The first-order chi connectivity index (χ1) is 17.6. The number of ether oxygens (including phenoxy) is 1. The van der Waals surface area contributed by atoms with E-state index >= 15 is 4.39 Å². The quantitative estimate of drug-likeness (QED) is 0.212. The lowest BCUT2D eigenvalue weighted by Crippen LogP contribution is -2.25. The normalized spacial score (nSPS) is 13.4. The number of rotatable bonds is 6. The molecule has 1 saturated carbocycles. The molecule has 1 aliphatic rings. The largest absolute Gasteiger partial charge is 0.496 e. The standard InChI is InChI=1S/C27H24ClFN4O4/c1-13(2)22-24(14(3)10-11-30-22)32-26-17(21(28)25(27(32)34)33(35)36)12-16(15-8-9-15)23(31-26)20-18(29)6-5-7-19(20)37-4/h5-7,10-13,15H,8-9H2,1-4H3. The third kappa shape index (κ3) is 4.03. The highest BCUT2D eigenvalue weighted by atomic mass is 35.5. The molecule has 0 unspecified atom stereocenters. The van der Waals surface area contributed by atoms with Crippen LogP contribution in [-0.4, -0.2) is 26.6 Å². The number of aromatic nitrogens is 3. The Hall–Kier alpha value is -3.85. The van der Waals surface area contributed by atoms with E-state index in [-0.39, 0.29) is 39.2 Å². The van der Waals surface area contributed by atoms with Crippen molar-refractivity contribution in [1.29, 1.82) is 0 Å². The van der Waals surface area contributed by atoms with E-state index in [1.165, 1.54) is 17.7 Å². The Morgan fingerprint density at radius 3 is 2.62 bits per heavy atom. The Balaban J connectivity index is 2.01. The van der Waals surface area contributed by atoms with Crippen molar-refractivity contribution in [1.82, 2.24) is 14.5 Å². The molecule has 10 heteroatoms. The predicted molar refractivity (Wildman–Crippen MR) is 140 cm³/mol. The van der Waals surface area contributed by atoms with Gasteiger partial charge in [-0.3, -0.25) is 24.5 Å². The fraction of sp³-hybridized carbons (Fsp3) is 0.296. The molecule has 1 fully saturated rings. The number of hydrogen-bond donors (Lipinski definition) is 0. The fourth-order valence-electron chi connectivity index (χ4n) is 4.74. The van der Waals surface area contributed by atoms with Crippen LogP contribution in [-0.2, 0) is 0 Å². The monoisotopic (exact) mass is 522 g/mol. The van der Waals surface area contributed by atoms with Crippen LogP contribution in [0.1, 0.15) is 55.3 Å². The van der Waals surface area contributed by atoms with Gasteiger partial charge >= 0.3 is 11.2 Å². The molecular weight excluding hydrogens is 499 g/mol. The van der Waals surface area contributed by atoms with Gasteiger partial charge in [0.05, 0.1) is 34.7 Å². The molecule has 1 aliphatic carbocycles. The van der Waals surface area contributed by atoms with Crippen LogP contribution in [0.4, 0.5) is 10.1 Å². The first-order valence-electron chi connectivity index (χ1n) is 11.9. The third-order valence-corrected chi connectivity index (χ3v) is 7.03. The molecule has 4 aromatic rings. The van der Waals surface area contributed by atoms with Gasteiger partial charge in [0.1, 0.15) is 22.2 Å². The van der Waals surface area contributed by atoms with Crippen LogP contribution < -0.4 is 10.3 Å². The number of fused-ring (bicyclic) bond motifs is 1. The molecule has 0 saturated heterocycles. The lowest BCUT2D eigenvalue weighted by Gasteiger charge is -2.20. The van der Waals surface area contributed by atoms with Crippen LogP contribution in [0.25, 0.3) is 28.0 Å². The van der Waals surface area contributed by atoms with E-state index < -0.39 is 22.0 Å². The van der Waals surface area contributed by atoms with Crippen LogP contribution in [0, 0.1) is 22.9 Å². The average Bonchev–Trinajstić information content (AvgIpc) is 3.69. The minimum atomic E-state index is -0.932. The van der Waals surface area contributed by atoms with E-state index in [4.69, 9.17) is 21.3 Å². The van der Waals surface area contributed by atoms with Crippen molar-refractivity contribution in [3.05, 3.63) is 84.7 Å². The average molecular weight is 523 g/mol. The summed E-state index contributed by atoms with van der Waals surface area (Å²) in [6.07, 6.45) is 3.34. The molecule has 8 nitrogen and oxygen atoms in total. The molecule has 3 aromatic heterocycles. The summed E-state index contributed by atoms with van der Waals surface area (Å²) in [7, 11) is 1.44. The zero-order chi connectivity index (χ0) is 26.6. The van der Waals surface area contributed by atoms with Gasteiger partial charge in [-0.25, -0.2) is 9.37 Å². The van der Waals surface area contributed by atoms with Gasteiger partial charge in [-0.05, 0) is 67.0 Å². The topological polar surface area (TPSA) is 100 Å². The van der Waals surface area contributed by atoms with E-state index in [1.54, 1.807) is 37.4 Å². The lowest BCUT2D eigenvalue weighted by molar-refractivity contribution is -0.386. The zero-order valence-electron chi connectivity index (χ0n) is 20.7. The van der Waals surface area contributed by atoms with Gasteiger partial charge < -0.3 is 4.74 Å². The van der Waals surface area contributed by atoms with Crippen LogP contribution in [0.15, 0.2) is 41.3 Å². The summed E-state index contributed by atoms with van der Waals surface area (Å²) in [5.41, 5.74) is 1.23. The summed E-state index contributed by atoms with van der Waals surface area (Å²) in [6.45, 7) is 5.62. The second-order valence-corrected chi connectivity index (χ2v) is 9.84. The molecule has 0 N–H and O–H groups in total.